The zero-order chi connectivity index (χ0) is 6.97. The number of hydrogen-bond donors (Lipinski definition) is 1. The topological polar surface area (TPSA) is 54.3 Å². The molecule has 0 unspecified atom stereocenters. The number of pyridine rings is 1. The molecule has 0 atom stereocenters. The Balaban J connectivity index is 2.22. The van der Waals surface area contributed by atoms with Crippen molar-refractivity contribution in [2.75, 3.05) is 5.01 Å². The third kappa shape index (κ3) is 0.699. The van der Waals surface area contributed by atoms with Crippen LogP contribution in [0.1, 0.15) is 0 Å². The monoisotopic (exact) mass is 134 g/mol. The first kappa shape index (κ1) is 5.22. The normalized spacial score (nSPS) is 14.8. The Morgan fingerprint density at radius 1 is 1.40 bits per heavy atom. The van der Waals surface area contributed by atoms with Crippen molar-refractivity contribution in [3.8, 4) is 0 Å². The summed E-state index contributed by atoms with van der Waals surface area (Å²) in [4.78, 5) is 4.02. The fourth-order valence-electron chi connectivity index (χ4n) is 0.728. The molecule has 0 bridgehead atoms. The molecule has 2 heterocycles. The third-order valence-corrected chi connectivity index (χ3v) is 1.25. The molecule has 2 N–H and O–H groups in total. The van der Waals surface area contributed by atoms with Crippen LogP contribution in [0.4, 0.5) is 5.82 Å². The fourth-order valence-corrected chi connectivity index (χ4v) is 0.728. The zero-order valence-electron chi connectivity index (χ0n) is 5.23. The van der Waals surface area contributed by atoms with Crippen molar-refractivity contribution in [1.29, 1.82) is 0 Å². The van der Waals surface area contributed by atoms with E-state index in [4.69, 9.17) is 5.73 Å². The molecule has 0 saturated heterocycles. The minimum Gasteiger partial charge on any atom is -0.366 e. The molecule has 50 valence electrons. The van der Waals surface area contributed by atoms with Gasteiger partial charge in [0, 0.05) is 6.20 Å². The summed E-state index contributed by atoms with van der Waals surface area (Å²) in [6.45, 7) is 0. The number of hydrazone groups is 1. The molecule has 1 aromatic heterocycles. The van der Waals surface area contributed by atoms with E-state index in [9.17, 15) is 0 Å². The number of aromatic nitrogens is 1. The Kier molecular flexibility index (Phi) is 0.887. The van der Waals surface area contributed by atoms with E-state index in [0.717, 1.165) is 5.82 Å². The molecule has 10 heavy (non-hydrogen) atoms. The van der Waals surface area contributed by atoms with Crippen LogP contribution in [0, 0.1) is 0 Å². The number of rotatable bonds is 1. The highest BCUT2D eigenvalue weighted by Crippen LogP contribution is 2.16. The van der Waals surface area contributed by atoms with Gasteiger partial charge in [-0.25, -0.2) is 4.98 Å². The van der Waals surface area contributed by atoms with Crippen molar-refractivity contribution in [2.45, 2.75) is 0 Å². The summed E-state index contributed by atoms with van der Waals surface area (Å²) in [6, 6.07) is 5.59. The van der Waals surface area contributed by atoms with E-state index in [2.05, 4.69) is 10.1 Å². The SMILES string of the molecule is NC1=NN1c1ccccn1. The van der Waals surface area contributed by atoms with Gasteiger partial charge >= 0.3 is 0 Å². The van der Waals surface area contributed by atoms with Crippen molar-refractivity contribution in [3.05, 3.63) is 24.4 Å². The van der Waals surface area contributed by atoms with Crippen molar-refractivity contribution in [2.24, 2.45) is 10.8 Å². The largest absolute Gasteiger partial charge is 0.366 e. The lowest BCUT2D eigenvalue weighted by molar-refractivity contribution is 1.20. The number of nitrogens with two attached hydrogens (primary N) is 1. The van der Waals surface area contributed by atoms with Crippen LogP contribution >= 0.6 is 0 Å². The fraction of sp³-hybridized carbons (Fsp3) is 0. The second-order valence-electron chi connectivity index (χ2n) is 1.96. The Morgan fingerprint density at radius 2 is 2.20 bits per heavy atom. The average Bonchev–Trinajstić information content (AvgIpc) is 2.69. The van der Waals surface area contributed by atoms with E-state index in [1.165, 1.54) is 0 Å². The molecule has 0 spiro atoms. The van der Waals surface area contributed by atoms with Crippen molar-refractivity contribution in [1.82, 2.24) is 4.98 Å². The quantitative estimate of drug-likeness (QED) is 0.594. The van der Waals surface area contributed by atoms with Crippen LogP contribution in [0.25, 0.3) is 0 Å². The highest BCUT2D eigenvalue weighted by atomic mass is 15.7. The summed E-state index contributed by atoms with van der Waals surface area (Å²) in [5, 5.41) is 5.37. The standard InChI is InChI=1S/C6H6N4/c7-6-9-10(6)5-3-1-2-4-8-5/h1-4H,(H2,7,9). The predicted octanol–water partition coefficient (Wildman–Crippen LogP) is 0.131. The molecule has 1 aliphatic heterocycles. The highest BCUT2D eigenvalue weighted by molar-refractivity contribution is 6.04. The average molecular weight is 134 g/mol. The van der Waals surface area contributed by atoms with Crippen LogP contribution < -0.4 is 10.7 Å². The third-order valence-electron chi connectivity index (χ3n) is 1.25. The summed E-state index contributed by atoms with van der Waals surface area (Å²) in [6.07, 6.45) is 1.70. The number of nitrogens with zero attached hydrogens (tertiary/aromatic N) is 3. The maximum Gasteiger partial charge on any atom is 0.241 e. The minimum atomic E-state index is 0.527. The van der Waals surface area contributed by atoms with Gasteiger partial charge in [0.25, 0.3) is 0 Å². The molecule has 0 amide bonds. The van der Waals surface area contributed by atoms with Crippen molar-refractivity contribution < 1.29 is 0 Å². The molecule has 4 heteroatoms. The maximum atomic E-state index is 5.33. The first-order valence-corrected chi connectivity index (χ1v) is 2.93. The molecule has 1 aliphatic rings. The first-order chi connectivity index (χ1) is 4.88. The Morgan fingerprint density at radius 3 is 2.70 bits per heavy atom. The van der Waals surface area contributed by atoms with Crippen LogP contribution in [0.15, 0.2) is 29.5 Å². The second kappa shape index (κ2) is 1.70. The Hall–Kier alpha value is -1.58. The van der Waals surface area contributed by atoms with Gasteiger partial charge in [0.05, 0.1) is 0 Å². The van der Waals surface area contributed by atoms with Gasteiger partial charge in [0.15, 0.2) is 5.82 Å². The van der Waals surface area contributed by atoms with Gasteiger partial charge in [-0.1, -0.05) is 6.07 Å². The molecule has 2 rings (SSSR count). The first-order valence-electron chi connectivity index (χ1n) is 2.93. The summed E-state index contributed by atoms with van der Waals surface area (Å²) in [7, 11) is 0. The second-order valence-corrected chi connectivity index (χ2v) is 1.96. The molecule has 0 aromatic carbocycles. The summed E-state index contributed by atoms with van der Waals surface area (Å²) < 4.78 is 0. The van der Waals surface area contributed by atoms with Crippen LogP contribution in [-0.4, -0.2) is 10.9 Å². The van der Waals surface area contributed by atoms with Crippen LogP contribution in [-0.2, 0) is 0 Å². The molecule has 0 saturated carbocycles. The summed E-state index contributed by atoms with van der Waals surface area (Å²) >= 11 is 0. The van der Waals surface area contributed by atoms with Crippen LogP contribution in [0.3, 0.4) is 0 Å². The molecule has 0 fully saturated rings. The molecule has 0 radical (unpaired) electrons. The summed E-state index contributed by atoms with van der Waals surface area (Å²) in [5.41, 5.74) is 5.33. The maximum absolute atomic E-state index is 5.33. The molecule has 1 aromatic rings. The smallest absolute Gasteiger partial charge is 0.241 e. The summed E-state index contributed by atoms with van der Waals surface area (Å²) in [5.74, 6) is 1.30. The lowest BCUT2D eigenvalue weighted by Crippen LogP contribution is -2.12. The van der Waals surface area contributed by atoms with Crippen molar-refractivity contribution in [3.63, 3.8) is 0 Å². The lowest BCUT2D eigenvalue weighted by atomic mass is 10.5. The van der Waals surface area contributed by atoms with E-state index >= 15 is 0 Å². The van der Waals surface area contributed by atoms with Crippen LogP contribution in [0.5, 0.6) is 0 Å². The number of guanidine groups is 1. The molecular weight excluding hydrogens is 128 g/mol. The van der Waals surface area contributed by atoms with Gasteiger partial charge in [-0.05, 0) is 12.1 Å². The minimum absolute atomic E-state index is 0.527. The predicted molar refractivity (Wildman–Crippen MR) is 38.3 cm³/mol. The van der Waals surface area contributed by atoms with Gasteiger partial charge in [-0.3, -0.25) is 0 Å². The molecule has 4 nitrogen and oxygen atoms in total. The van der Waals surface area contributed by atoms with Gasteiger partial charge in [0.2, 0.25) is 5.96 Å². The number of anilines is 1. The van der Waals surface area contributed by atoms with E-state index in [1.54, 1.807) is 11.2 Å². The Bertz CT molecular complexity index is 266. The van der Waals surface area contributed by atoms with E-state index in [-0.39, 0.29) is 0 Å². The van der Waals surface area contributed by atoms with Gasteiger partial charge < -0.3 is 5.73 Å². The van der Waals surface area contributed by atoms with Gasteiger partial charge in [-0.15, -0.1) is 5.10 Å². The van der Waals surface area contributed by atoms with E-state index in [0.29, 0.717) is 5.96 Å². The van der Waals surface area contributed by atoms with E-state index in [1.807, 2.05) is 18.2 Å². The Labute approximate surface area is 58.0 Å². The number of hydrogen-bond acceptors (Lipinski definition) is 4. The highest BCUT2D eigenvalue weighted by Gasteiger charge is 2.22. The van der Waals surface area contributed by atoms with Gasteiger partial charge in [-0.2, -0.15) is 5.01 Å². The molecule has 0 aliphatic carbocycles. The lowest BCUT2D eigenvalue weighted by Gasteiger charge is -1.95. The molecular formula is C6H6N4. The van der Waals surface area contributed by atoms with Crippen LogP contribution in [0.2, 0.25) is 0 Å². The van der Waals surface area contributed by atoms with E-state index < -0.39 is 0 Å². The zero-order valence-corrected chi connectivity index (χ0v) is 5.23. The van der Waals surface area contributed by atoms with Gasteiger partial charge in [0.1, 0.15) is 0 Å². The van der Waals surface area contributed by atoms with Crippen molar-refractivity contribution >= 4 is 11.8 Å².